The van der Waals surface area contributed by atoms with Crippen molar-refractivity contribution in [3.05, 3.63) is 35.4 Å². The van der Waals surface area contributed by atoms with Crippen LogP contribution in [0.3, 0.4) is 0 Å². The molecule has 2 unspecified atom stereocenters. The van der Waals surface area contributed by atoms with E-state index in [0.717, 1.165) is 43.5 Å². The van der Waals surface area contributed by atoms with Crippen molar-refractivity contribution in [1.82, 2.24) is 4.90 Å². The Labute approximate surface area is 95.0 Å². The first kappa shape index (κ1) is 10.00. The van der Waals surface area contributed by atoms with E-state index < -0.39 is 0 Å². The maximum atomic E-state index is 10.9. The highest BCUT2D eigenvalue weighted by molar-refractivity contribution is 5.77. The molecule has 1 aromatic rings. The summed E-state index contributed by atoms with van der Waals surface area (Å²) in [7, 11) is 0. The molecule has 2 bridgehead atoms. The van der Waals surface area contributed by atoms with Crippen LogP contribution in [-0.2, 0) is 11.3 Å². The van der Waals surface area contributed by atoms with Gasteiger partial charge in [0.15, 0.2) is 0 Å². The van der Waals surface area contributed by atoms with Gasteiger partial charge in [0.05, 0.1) is 12.7 Å². The summed E-state index contributed by atoms with van der Waals surface area (Å²) in [6.45, 7) is 2.74. The van der Waals surface area contributed by atoms with Crippen molar-refractivity contribution >= 4 is 6.29 Å². The van der Waals surface area contributed by atoms with Crippen molar-refractivity contribution in [2.45, 2.75) is 25.1 Å². The van der Waals surface area contributed by atoms with Crippen molar-refractivity contribution in [2.75, 3.05) is 13.2 Å². The molecule has 2 saturated heterocycles. The molecule has 84 valence electrons. The number of benzene rings is 1. The fraction of sp³-hybridized carbons (Fsp3) is 0.462. The summed E-state index contributed by atoms with van der Waals surface area (Å²) in [6.07, 6.45) is 2.53. The quantitative estimate of drug-likeness (QED) is 0.718. The van der Waals surface area contributed by atoms with Gasteiger partial charge in [-0.3, -0.25) is 9.69 Å². The SMILES string of the molecule is O=Cc1ccccc1CN1CC2CC1CO2. The molecular weight excluding hydrogens is 202 g/mol. The molecule has 0 radical (unpaired) electrons. The highest BCUT2D eigenvalue weighted by Crippen LogP contribution is 2.29. The summed E-state index contributed by atoms with van der Waals surface area (Å²) in [4.78, 5) is 13.3. The van der Waals surface area contributed by atoms with Crippen molar-refractivity contribution in [3.63, 3.8) is 0 Å². The molecule has 16 heavy (non-hydrogen) atoms. The van der Waals surface area contributed by atoms with Gasteiger partial charge >= 0.3 is 0 Å². The fourth-order valence-electron chi connectivity index (χ4n) is 2.68. The second-order valence-corrected chi connectivity index (χ2v) is 4.59. The molecule has 3 rings (SSSR count). The van der Waals surface area contributed by atoms with Crippen LogP contribution in [0.5, 0.6) is 0 Å². The van der Waals surface area contributed by atoms with Crippen LogP contribution in [0.2, 0.25) is 0 Å². The lowest BCUT2D eigenvalue weighted by Crippen LogP contribution is -2.36. The van der Waals surface area contributed by atoms with Crippen molar-refractivity contribution in [2.24, 2.45) is 0 Å². The molecule has 3 nitrogen and oxygen atoms in total. The Morgan fingerprint density at radius 1 is 1.44 bits per heavy atom. The standard InChI is InChI=1S/C13H15NO2/c15-8-11-4-2-1-3-10(11)6-14-7-13-5-12(14)9-16-13/h1-4,8,12-13H,5-7,9H2. The normalized spacial score (nSPS) is 28.5. The summed E-state index contributed by atoms with van der Waals surface area (Å²) in [6, 6.07) is 8.38. The van der Waals surface area contributed by atoms with Crippen molar-refractivity contribution in [3.8, 4) is 0 Å². The van der Waals surface area contributed by atoms with Gasteiger partial charge < -0.3 is 4.74 Å². The molecule has 1 aromatic carbocycles. The van der Waals surface area contributed by atoms with E-state index in [1.54, 1.807) is 0 Å². The third-order valence-corrected chi connectivity index (χ3v) is 3.57. The first-order valence-electron chi connectivity index (χ1n) is 5.75. The summed E-state index contributed by atoms with van der Waals surface area (Å²) in [5.41, 5.74) is 1.94. The van der Waals surface area contributed by atoms with Gasteiger partial charge in [-0.2, -0.15) is 0 Å². The summed E-state index contributed by atoms with van der Waals surface area (Å²) in [5.74, 6) is 0. The highest BCUT2D eigenvalue weighted by atomic mass is 16.5. The second-order valence-electron chi connectivity index (χ2n) is 4.59. The zero-order chi connectivity index (χ0) is 11.0. The summed E-state index contributed by atoms with van der Waals surface area (Å²) < 4.78 is 5.57. The van der Waals surface area contributed by atoms with Gasteiger partial charge in [-0.15, -0.1) is 0 Å². The predicted octanol–water partition coefficient (Wildman–Crippen LogP) is 1.47. The molecule has 0 N–H and O–H groups in total. The zero-order valence-electron chi connectivity index (χ0n) is 9.13. The van der Waals surface area contributed by atoms with Crippen molar-refractivity contribution in [1.29, 1.82) is 0 Å². The highest BCUT2D eigenvalue weighted by Gasteiger charge is 2.38. The van der Waals surface area contributed by atoms with Crippen LogP contribution in [0.25, 0.3) is 0 Å². The maximum Gasteiger partial charge on any atom is 0.150 e. The van der Waals surface area contributed by atoms with E-state index in [9.17, 15) is 4.79 Å². The number of aldehydes is 1. The van der Waals surface area contributed by atoms with Gasteiger partial charge in [0, 0.05) is 24.7 Å². The van der Waals surface area contributed by atoms with E-state index >= 15 is 0 Å². The summed E-state index contributed by atoms with van der Waals surface area (Å²) in [5, 5.41) is 0. The molecule has 2 aliphatic rings. The largest absolute Gasteiger partial charge is 0.375 e. The van der Waals surface area contributed by atoms with Crippen LogP contribution in [0.15, 0.2) is 24.3 Å². The molecule has 0 saturated carbocycles. The van der Waals surface area contributed by atoms with Gasteiger partial charge in [-0.05, 0) is 12.0 Å². The zero-order valence-corrected chi connectivity index (χ0v) is 9.13. The molecule has 0 spiro atoms. The molecule has 3 heteroatoms. The number of carbonyl (C=O) groups is 1. The van der Waals surface area contributed by atoms with E-state index in [2.05, 4.69) is 4.90 Å². The van der Waals surface area contributed by atoms with E-state index in [0.29, 0.717) is 12.1 Å². The third-order valence-electron chi connectivity index (χ3n) is 3.57. The van der Waals surface area contributed by atoms with Gasteiger partial charge in [0.2, 0.25) is 0 Å². The number of carbonyl (C=O) groups excluding carboxylic acids is 1. The molecule has 2 aliphatic heterocycles. The number of nitrogens with zero attached hydrogens (tertiary/aromatic N) is 1. The number of morpholine rings is 1. The Balaban J connectivity index is 1.76. The Kier molecular flexibility index (Phi) is 2.50. The number of hydrogen-bond acceptors (Lipinski definition) is 3. The minimum atomic E-state index is 0.424. The van der Waals surface area contributed by atoms with Gasteiger partial charge in [0.1, 0.15) is 6.29 Å². The maximum absolute atomic E-state index is 10.9. The average molecular weight is 217 g/mol. The minimum Gasteiger partial charge on any atom is -0.375 e. The molecule has 2 atom stereocenters. The fourth-order valence-corrected chi connectivity index (χ4v) is 2.68. The second kappa shape index (κ2) is 4.00. The molecular formula is C13H15NO2. The lowest BCUT2D eigenvalue weighted by molar-refractivity contribution is 0.0272. The third kappa shape index (κ3) is 1.66. The van der Waals surface area contributed by atoms with Crippen LogP contribution in [0.4, 0.5) is 0 Å². The number of hydrogen-bond donors (Lipinski definition) is 0. The van der Waals surface area contributed by atoms with Gasteiger partial charge in [0.25, 0.3) is 0 Å². The van der Waals surface area contributed by atoms with E-state index in [1.807, 2.05) is 24.3 Å². The summed E-state index contributed by atoms with van der Waals surface area (Å²) >= 11 is 0. The van der Waals surface area contributed by atoms with Crippen molar-refractivity contribution < 1.29 is 9.53 Å². The molecule has 0 aromatic heterocycles. The van der Waals surface area contributed by atoms with Gasteiger partial charge in [-0.1, -0.05) is 24.3 Å². The molecule has 0 amide bonds. The Morgan fingerprint density at radius 2 is 2.31 bits per heavy atom. The average Bonchev–Trinajstić information content (AvgIpc) is 2.92. The monoisotopic (exact) mass is 217 g/mol. The van der Waals surface area contributed by atoms with Crippen LogP contribution in [-0.4, -0.2) is 36.5 Å². The Hall–Kier alpha value is -1.19. The number of rotatable bonds is 3. The first-order chi connectivity index (χ1) is 7.86. The van der Waals surface area contributed by atoms with Crippen LogP contribution in [0, 0.1) is 0 Å². The van der Waals surface area contributed by atoms with Gasteiger partial charge in [-0.25, -0.2) is 0 Å². The van der Waals surface area contributed by atoms with Crippen LogP contribution in [0.1, 0.15) is 22.3 Å². The van der Waals surface area contributed by atoms with E-state index in [-0.39, 0.29) is 0 Å². The number of likely N-dealkylation sites (tertiary alicyclic amines) is 1. The first-order valence-corrected chi connectivity index (χ1v) is 5.75. The lowest BCUT2D eigenvalue weighted by atomic mass is 10.1. The molecule has 2 fully saturated rings. The number of ether oxygens (including phenoxy) is 1. The lowest BCUT2D eigenvalue weighted by Gasteiger charge is -2.26. The minimum absolute atomic E-state index is 0.424. The smallest absolute Gasteiger partial charge is 0.150 e. The molecule has 0 aliphatic carbocycles. The topological polar surface area (TPSA) is 29.5 Å². The van der Waals surface area contributed by atoms with Crippen LogP contribution >= 0.6 is 0 Å². The predicted molar refractivity (Wildman–Crippen MR) is 60.4 cm³/mol. The molecule has 2 heterocycles. The van der Waals surface area contributed by atoms with E-state index in [4.69, 9.17) is 4.74 Å². The van der Waals surface area contributed by atoms with Crippen LogP contribution < -0.4 is 0 Å². The number of fused-ring (bicyclic) bond motifs is 2. The Bertz CT molecular complexity index is 405. The Morgan fingerprint density at radius 3 is 3.00 bits per heavy atom. The van der Waals surface area contributed by atoms with E-state index in [1.165, 1.54) is 0 Å².